The summed E-state index contributed by atoms with van der Waals surface area (Å²) in [5, 5.41) is 30.2. The van der Waals surface area contributed by atoms with Crippen molar-refractivity contribution in [3.63, 3.8) is 0 Å². The fraction of sp³-hybridized carbons (Fsp3) is 0.00917. The van der Waals surface area contributed by atoms with Crippen molar-refractivity contribution in [3.8, 4) is 175 Å². The normalized spacial score (nSPS) is 10.7. The predicted molar refractivity (Wildman–Crippen MR) is 502 cm³/mol. The molecule has 649 valence electrons. The van der Waals surface area contributed by atoms with Gasteiger partial charge in [0.05, 0.1) is 45.6 Å². The number of pyridine rings is 9. The second-order valence-corrected chi connectivity index (χ2v) is 29.6. The Labute approximate surface area is 820 Å². The number of para-hydroxylation sites is 3. The van der Waals surface area contributed by atoms with E-state index < -0.39 is 0 Å². The zero-order valence-electron chi connectivity index (χ0n) is 69.0. The molecule has 0 atom stereocenters. The summed E-state index contributed by atoms with van der Waals surface area (Å²) < 4.78 is 1.10. The zero-order valence-corrected chi connectivity index (χ0v) is 76.5. The van der Waals surface area contributed by atoms with Gasteiger partial charge in [0.1, 0.15) is 11.5 Å². The molecule has 1 aliphatic rings. The van der Waals surface area contributed by atoms with Gasteiger partial charge in [0, 0.05) is 90.1 Å². The van der Waals surface area contributed by atoms with E-state index in [1.807, 2.05) is 370 Å². The van der Waals surface area contributed by atoms with Crippen LogP contribution in [0.2, 0.25) is 0 Å². The van der Waals surface area contributed by atoms with Crippen LogP contribution in [0.4, 0.5) is 5.69 Å². The van der Waals surface area contributed by atoms with E-state index in [0.29, 0.717) is 11.3 Å². The molecule has 0 bridgehead atoms. The minimum absolute atomic E-state index is 0. The molecule has 0 spiro atoms. The Morgan fingerprint density at radius 2 is 0.569 bits per heavy atom. The summed E-state index contributed by atoms with van der Waals surface area (Å²) in [5.41, 5.74) is 25.1. The van der Waals surface area contributed by atoms with Crippen molar-refractivity contribution >= 4 is 38.8 Å². The van der Waals surface area contributed by atoms with E-state index in [1.165, 1.54) is 0 Å². The Morgan fingerprint density at radius 1 is 0.269 bits per heavy atom. The van der Waals surface area contributed by atoms with Crippen LogP contribution in [0.5, 0.6) is 17.2 Å². The topological polar surface area (TPSA) is 183 Å². The second kappa shape index (κ2) is 48.1. The molecule has 0 saturated heterocycles. The van der Waals surface area contributed by atoms with Crippen LogP contribution in [0.1, 0.15) is 0 Å². The van der Waals surface area contributed by atoms with Crippen molar-refractivity contribution in [1.82, 2.24) is 49.8 Å². The van der Waals surface area contributed by atoms with Gasteiger partial charge in [0.2, 0.25) is 0 Å². The Kier molecular flexibility index (Phi) is 35.9. The van der Waals surface area contributed by atoms with Crippen molar-refractivity contribution < 1.29 is 97.8 Å². The van der Waals surface area contributed by atoms with Crippen molar-refractivity contribution in [2.75, 3.05) is 11.9 Å². The number of rotatable bonds is 15. The van der Waals surface area contributed by atoms with E-state index in [9.17, 15) is 15.3 Å². The predicted octanol–water partition coefficient (Wildman–Crippen LogP) is 23.5. The number of phenolic OH excluding ortho intramolecular Hbond substituents is 3. The maximum absolute atomic E-state index is 10.1. The Balaban J connectivity index is 0.000000156. The molecule has 20 rings (SSSR count). The summed E-state index contributed by atoms with van der Waals surface area (Å²) in [6.07, 6.45) is 9.31. The summed E-state index contributed by atoms with van der Waals surface area (Å²) >= 11 is 8.53. The van der Waals surface area contributed by atoms with E-state index in [1.54, 1.807) is 55.0 Å². The Bertz CT molecular complexity index is 6270. The van der Waals surface area contributed by atoms with Crippen LogP contribution in [-0.4, -0.2) is 88.1 Å². The van der Waals surface area contributed by atoms with Crippen LogP contribution >= 0.6 is 0 Å². The standard InChI is InChI=1S/2C22H15N2O.C22H15N2S.C22H14N2Se.C21H17N3O.5Ni/c25-22-13-2-1-9-18(22)16-7-5-8-17(15-16)19-11-6-12-21(24-19)20-10-3-4-14-23-20;25-22-15-5-4-10-17(22)19-12-7-14-21(24-19)20-13-6-11-18(23-20)16-8-2-1-3-9-16;2*25-22-13-2-1-9-18(22)21-12-6-11-20(24-21)17-8-5-7-16(15-17)19-10-3-4-14-23-19;1-23-12-13-24(15-23)17-7-4-6-16(14-17)19-9-5-10-20(22-19)18-8-2-3-11-21(18)25;;;;;/h1-14,25H;1-8,10-15,25H;1-14,25H;1-14H;2-13,15,25H,1H3;;;;;/q4*-1;-2;;;;2*+2/p-1. The summed E-state index contributed by atoms with van der Waals surface area (Å²) in [6.45, 7) is 1.99. The van der Waals surface area contributed by atoms with E-state index >= 15 is 0 Å². The molecule has 1 radical (unpaired) electrons. The average Bonchev–Trinajstić information content (AvgIpc) is 1.05. The van der Waals surface area contributed by atoms with Crippen LogP contribution in [0.3, 0.4) is 0 Å². The van der Waals surface area contributed by atoms with Gasteiger partial charge >= 0.3 is 188 Å². The fourth-order valence-electron chi connectivity index (χ4n) is 13.6. The SMILES string of the molecule is CN1C=CN(c2[c-]c(-c3cccc(-c4ccccc4O)n3)ccc2)[CH-]1.Oc1ccccc1-c1[c-]c(-c2cccc(-c3ccccn3)n2)ccc1.Oc1ccccc1-c1cccc(-c2cccc(-c3[c-]cccc3)n2)n1.[Ni+2].[Ni+2].[Ni].[Ni].[Ni].[S-]c1ccccc1-c1cccc(-c2[c-]c(-c3ccccn3)ccc2)n1.[Se]c1ccccc1-c1cccc(-c2[c-]c(-c3ccccn3)ccc2)n1. The molecule has 0 amide bonds. The van der Waals surface area contributed by atoms with Crippen LogP contribution in [-0.2, 0) is 95.1 Å². The van der Waals surface area contributed by atoms with Crippen LogP contribution in [0.15, 0.2) is 418 Å². The van der Waals surface area contributed by atoms with Gasteiger partial charge in [-0.05, 0) is 127 Å². The van der Waals surface area contributed by atoms with Gasteiger partial charge in [-0.1, -0.05) is 162 Å². The molecular weight excluding hydrogens is 1920 g/mol. The zero-order chi connectivity index (χ0) is 85.5. The number of aromatic nitrogens is 9. The van der Waals surface area contributed by atoms with Gasteiger partial charge in [-0.2, -0.15) is 11.6 Å². The number of nitrogens with zero attached hydrogens (tertiary/aromatic N) is 11. The monoisotopic (exact) mass is 1990 g/mol. The molecule has 9 aromatic heterocycles. The van der Waals surface area contributed by atoms with Gasteiger partial charge in [-0.15, -0.1) is 120 Å². The third-order valence-electron chi connectivity index (χ3n) is 19.7. The van der Waals surface area contributed by atoms with Crippen LogP contribution < -0.4 is 9.36 Å². The molecule has 14 nitrogen and oxygen atoms in total. The van der Waals surface area contributed by atoms with E-state index in [-0.39, 0.29) is 99.7 Å². The Morgan fingerprint density at radius 3 is 0.992 bits per heavy atom. The molecular formula is C109H75N11Ni5O3SSe-3. The molecule has 21 heteroatoms. The molecule has 0 unspecified atom stereocenters. The Hall–Kier alpha value is -13.5. The van der Waals surface area contributed by atoms with Crippen molar-refractivity contribution in [1.29, 1.82) is 0 Å². The average molecular weight is 1990 g/mol. The number of benzene rings is 10. The third kappa shape index (κ3) is 25.1. The summed E-state index contributed by atoms with van der Waals surface area (Å²) in [7, 11) is 1.98. The number of aromatic hydroxyl groups is 3. The number of hydrogen-bond donors (Lipinski definition) is 3. The third-order valence-corrected chi connectivity index (χ3v) is 20.9. The van der Waals surface area contributed by atoms with Crippen LogP contribution in [0, 0.1) is 37.0 Å². The van der Waals surface area contributed by atoms with Gasteiger partial charge in [-0.25, -0.2) is 4.98 Å². The number of anilines is 1. The fourth-order valence-corrected chi connectivity index (χ4v) is 14.4. The van der Waals surface area contributed by atoms with Crippen molar-refractivity contribution in [2.24, 2.45) is 0 Å². The molecule has 0 fully saturated rings. The second-order valence-electron chi connectivity index (χ2n) is 28.3. The van der Waals surface area contributed by atoms with Gasteiger partial charge < -0.3 is 37.7 Å². The van der Waals surface area contributed by atoms with Crippen molar-refractivity contribution in [3.05, 3.63) is 450 Å². The quantitative estimate of drug-likeness (QED) is 0.0500. The number of phenols is 3. The summed E-state index contributed by atoms with van der Waals surface area (Å²) in [6, 6.07) is 139. The van der Waals surface area contributed by atoms with E-state index in [4.69, 9.17) is 37.5 Å². The molecule has 3 N–H and O–H groups in total. The first kappa shape index (κ1) is 97.1. The molecule has 0 aliphatic carbocycles. The van der Waals surface area contributed by atoms with Crippen LogP contribution in [0.25, 0.3) is 158 Å². The molecule has 10 heterocycles. The summed E-state index contributed by atoms with van der Waals surface area (Å²) in [4.78, 5) is 46.4. The van der Waals surface area contributed by atoms with Gasteiger partial charge in [-0.3, -0.25) is 29.9 Å². The van der Waals surface area contributed by atoms with E-state index in [2.05, 4.69) is 78.4 Å². The molecule has 19 aromatic rings. The first-order valence-corrected chi connectivity index (χ1v) is 41.3. The van der Waals surface area contributed by atoms with Gasteiger partial charge in [0.15, 0.2) is 0 Å². The summed E-state index contributed by atoms with van der Waals surface area (Å²) in [5.74, 6) is 0.684. The van der Waals surface area contributed by atoms with Crippen molar-refractivity contribution in [2.45, 2.75) is 4.90 Å². The maximum atomic E-state index is 10.1. The molecule has 1 aliphatic heterocycles. The number of hydrogen-bond acceptors (Lipinski definition) is 15. The molecule has 0 saturated carbocycles. The first-order chi connectivity index (χ1) is 61.4. The molecule has 10 aromatic carbocycles. The van der Waals surface area contributed by atoms with Gasteiger partial charge in [0.25, 0.3) is 0 Å². The minimum atomic E-state index is 0. The molecule has 130 heavy (non-hydrogen) atoms. The first-order valence-electron chi connectivity index (χ1n) is 40.0. The van der Waals surface area contributed by atoms with E-state index in [0.717, 1.165) is 162 Å².